The van der Waals surface area contributed by atoms with Gasteiger partial charge in [-0.1, -0.05) is 6.07 Å². The van der Waals surface area contributed by atoms with Gasteiger partial charge in [0.15, 0.2) is 0 Å². The molecule has 0 saturated heterocycles. The van der Waals surface area contributed by atoms with E-state index in [-0.39, 0.29) is 52.4 Å². The summed E-state index contributed by atoms with van der Waals surface area (Å²) in [6.45, 7) is -0.0980. The van der Waals surface area contributed by atoms with Crippen molar-refractivity contribution in [3.05, 3.63) is 58.1 Å². The van der Waals surface area contributed by atoms with Crippen LogP contribution in [0.1, 0.15) is 16.8 Å². The van der Waals surface area contributed by atoms with Crippen LogP contribution in [0.2, 0.25) is 0 Å². The van der Waals surface area contributed by atoms with Crippen LogP contribution in [0, 0.1) is 5.82 Å². The van der Waals surface area contributed by atoms with Gasteiger partial charge in [-0.2, -0.15) is 0 Å². The van der Waals surface area contributed by atoms with Crippen LogP contribution in [0.15, 0.2) is 41.2 Å². The Bertz CT molecular complexity index is 1480. The second-order valence-electron chi connectivity index (χ2n) is 8.08. The van der Waals surface area contributed by atoms with E-state index < -0.39 is 23.4 Å². The summed E-state index contributed by atoms with van der Waals surface area (Å²) in [6.07, 6.45) is -1.14. The minimum absolute atomic E-state index is 0.00603. The van der Waals surface area contributed by atoms with Crippen LogP contribution in [0.25, 0.3) is 33.3 Å². The lowest BCUT2D eigenvalue weighted by Crippen LogP contribution is -2.35. The van der Waals surface area contributed by atoms with Crippen LogP contribution in [0.4, 0.5) is 10.1 Å². The predicted molar refractivity (Wildman–Crippen MR) is 126 cm³/mol. The smallest absolute Gasteiger partial charge is 0.261 e. The monoisotopic (exact) mass is 466 g/mol. The van der Waals surface area contributed by atoms with Crippen molar-refractivity contribution in [2.75, 3.05) is 26.4 Å². The third kappa shape index (κ3) is 4.33. The molecular formula is C23H23FN6O4. The summed E-state index contributed by atoms with van der Waals surface area (Å²) in [4.78, 5) is 48.1. The zero-order chi connectivity index (χ0) is 24.6. The number of nitrogen functional groups attached to an aromatic ring is 1. The van der Waals surface area contributed by atoms with Gasteiger partial charge in [0.2, 0.25) is 5.91 Å². The van der Waals surface area contributed by atoms with Crippen molar-refractivity contribution in [2.45, 2.75) is 12.5 Å². The Hall–Kier alpha value is -4.25. The van der Waals surface area contributed by atoms with Crippen molar-refractivity contribution in [1.82, 2.24) is 25.2 Å². The molecule has 1 atom stereocenters. The maximum Gasteiger partial charge on any atom is 0.261 e. The molecule has 6 N–H and O–H groups in total. The second kappa shape index (κ2) is 8.94. The van der Waals surface area contributed by atoms with Crippen LogP contribution < -0.4 is 16.6 Å². The fraction of sp³-hybridized carbons (Fsp3) is 0.217. The molecule has 0 bridgehead atoms. The number of nitrogens with two attached hydrogens (primary N) is 1. The van der Waals surface area contributed by atoms with Gasteiger partial charge in [-0.15, -0.1) is 0 Å². The summed E-state index contributed by atoms with van der Waals surface area (Å²) in [5.41, 5.74) is 7.03. The molecule has 176 valence electrons. The average molecular weight is 466 g/mol. The number of aromatic nitrogens is 3. The molecule has 0 spiro atoms. The number of benzene rings is 2. The van der Waals surface area contributed by atoms with Gasteiger partial charge in [0.05, 0.1) is 40.1 Å². The largest absolute Gasteiger partial charge is 0.397 e. The fourth-order valence-electron chi connectivity index (χ4n) is 3.61. The van der Waals surface area contributed by atoms with Crippen LogP contribution in [0.5, 0.6) is 0 Å². The highest BCUT2D eigenvalue weighted by Crippen LogP contribution is 2.29. The molecule has 10 nitrogen and oxygen atoms in total. The predicted octanol–water partition coefficient (Wildman–Crippen LogP) is 1.36. The van der Waals surface area contributed by atoms with Gasteiger partial charge in [-0.25, -0.2) is 9.37 Å². The van der Waals surface area contributed by atoms with Gasteiger partial charge in [-0.3, -0.25) is 14.4 Å². The van der Waals surface area contributed by atoms with Crippen molar-refractivity contribution in [3.8, 4) is 11.4 Å². The molecule has 4 aromatic rings. The van der Waals surface area contributed by atoms with E-state index in [0.29, 0.717) is 11.0 Å². The van der Waals surface area contributed by atoms with Crippen LogP contribution in [-0.4, -0.2) is 63.5 Å². The Morgan fingerprint density at radius 3 is 2.71 bits per heavy atom. The number of anilines is 1. The summed E-state index contributed by atoms with van der Waals surface area (Å²) in [5, 5.41) is 12.6. The highest BCUT2D eigenvalue weighted by atomic mass is 19.1. The van der Waals surface area contributed by atoms with Crippen molar-refractivity contribution in [1.29, 1.82) is 0 Å². The van der Waals surface area contributed by atoms with Gasteiger partial charge in [0.1, 0.15) is 17.2 Å². The number of amides is 2. The molecule has 0 radical (unpaired) electrons. The van der Waals surface area contributed by atoms with E-state index >= 15 is 0 Å². The Kier molecular flexibility index (Phi) is 6.03. The molecule has 2 amide bonds. The van der Waals surface area contributed by atoms with Crippen molar-refractivity contribution in [3.63, 3.8) is 0 Å². The first-order valence-corrected chi connectivity index (χ1v) is 10.4. The molecular weight excluding hydrogens is 443 g/mol. The Morgan fingerprint density at radius 2 is 1.97 bits per heavy atom. The number of hydrogen-bond donors (Lipinski definition) is 5. The first kappa shape index (κ1) is 22.9. The number of nitrogens with one attached hydrogen (secondary N) is 3. The summed E-state index contributed by atoms with van der Waals surface area (Å²) in [6, 6.07) is 8.92. The van der Waals surface area contributed by atoms with E-state index in [2.05, 4.69) is 20.3 Å². The zero-order valence-corrected chi connectivity index (χ0v) is 18.5. The highest BCUT2D eigenvalue weighted by Gasteiger charge is 2.19. The molecule has 4 rings (SSSR count). The summed E-state index contributed by atoms with van der Waals surface area (Å²) < 4.78 is 14.3. The van der Waals surface area contributed by atoms with E-state index in [1.54, 1.807) is 26.2 Å². The number of imidazole rings is 1. The summed E-state index contributed by atoms with van der Waals surface area (Å²) in [7, 11) is 3.16. The molecule has 0 aliphatic heterocycles. The van der Waals surface area contributed by atoms with Crippen molar-refractivity contribution >= 4 is 39.4 Å². The molecule has 2 aromatic carbocycles. The molecule has 2 aromatic heterocycles. The van der Waals surface area contributed by atoms with Gasteiger partial charge in [0.25, 0.3) is 11.5 Å². The van der Waals surface area contributed by atoms with E-state index in [1.807, 2.05) is 0 Å². The average Bonchev–Trinajstić information content (AvgIpc) is 3.19. The number of carbonyl (C=O) groups excluding carboxylic acids is 2. The maximum atomic E-state index is 14.3. The van der Waals surface area contributed by atoms with Crippen LogP contribution in [-0.2, 0) is 4.79 Å². The van der Waals surface area contributed by atoms with Crippen molar-refractivity contribution in [2.24, 2.45) is 0 Å². The normalized spacial score (nSPS) is 12.1. The Morgan fingerprint density at radius 1 is 1.21 bits per heavy atom. The van der Waals surface area contributed by atoms with Crippen LogP contribution >= 0.6 is 0 Å². The minimum atomic E-state index is -1.02. The number of halogens is 1. The SMILES string of the molecule is CN(C)C(=O)CC(O)CNC(=O)c1ccc2nc(-c3c(N)c4c(F)cccc4[nH]c3=O)[nH]c2c1. The summed E-state index contributed by atoms with van der Waals surface area (Å²) >= 11 is 0. The van der Waals surface area contributed by atoms with Gasteiger partial charge >= 0.3 is 0 Å². The molecule has 11 heteroatoms. The topological polar surface area (TPSA) is 157 Å². The lowest BCUT2D eigenvalue weighted by atomic mass is 10.1. The van der Waals surface area contributed by atoms with E-state index in [1.165, 1.54) is 29.2 Å². The first-order chi connectivity index (χ1) is 16.2. The Labute approximate surface area is 192 Å². The number of aliphatic hydroxyl groups is 1. The standard InChI is InChI=1S/C23H23FN6O4/c1-30(2)17(32)9-12(31)10-26-22(33)11-6-7-14-16(8-11)28-21(27-14)19-20(25)18-13(24)4-3-5-15(18)29-23(19)34/h3-8,12,31H,9-10H2,1-2H3,(H,26,33)(H,27,28)(H3,25,29,34). The number of nitrogens with zero attached hydrogens (tertiary/aromatic N) is 2. The Balaban J connectivity index is 1.60. The van der Waals surface area contributed by atoms with Crippen molar-refractivity contribution < 1.29 is 19.1 Å². The molecule has 0 aliphatic carbocycles. The fourth-order valence-corrected chi connectivity index (χ4v) is 3.61. The minimum Gasteiger partial charge on any atom is -0.397 e. The quantitative estimate of drug-likeness (QED) is 0.289. The first-order valence-electron chi connectivity index (χ1n) is 10.4. The number of pyridine rings is 1. The molecule has 34 heavy (non-hydrogen) atoms. The number of H-pyrrole nitrogens is 2. The van der Waals surface area contributed by atoms with E-state index in [9.17, 15) is 23.9 Å². The lowest BCUT2D eigenvalue weighted by molar-refractivity contribution is -0.130. The van der Waals surface area contributed by atoms with Gasteiger partial charge < -0.3 is 31.0 Å². The summed E-state index contributed by atoms with van der Waals surface area (Å²) in [5.74, 6) is -1.15. The molecule has 0 fully saturated rings. The van der Waals surface area contributed by atoms with Gasteiger partial charge in [-0.05, 0) is 30.3 Å². The lowest BCUT2D eigenvalue weighted by Gasteiger charge is -2.15. The molecule has 1 unspecified atom stereocenters. The van der Waals surface area contributed by atoms with E-state index in [4.69, 9.17) is 5.73 Å². The second-order valence-corrected chi connectivity index (χ2v) is 8.08. The van der Waals surface area contributed by atoms with Crippen LogP contribution in [0.3, 0.4) is 0 Å². The third-order valence-corrected chi connectivity index (χ3v) is 5.42. The zero-order valence-electron chi connectivity index (χ0n) is 18.5. The van der Waals surface area contributed by atoms with E-state index in [0.717, 1.165) is 0 Å². The molecule has 0 aliphatic rings. The molecule has 2 heterocycles. The molecule has 0 saturated carbocycles. The number of hydrogen-bond acceptors (Lipinski definition) is 6. The maximum absolute atomic E-state index is 14.3. The number of aliphatic hydroxyl groups excluding tert-OH is 1. The number of rotatable bonds is 6. The number of aromatic amines is 2. The highest BCUT2D eigenvalue weighted by molar-refractivity contribution is 6.00. The third-order valence-electron chi connectivity index (χ3n) is 5.42. The number of carbonyl (C=O) groups is 2. The number of fused-ring (bicyclic) bond motifs is 2. The van der Waals surface area contributed by atoms with Gasteiger partial charge in [0, 0.05) is 26.2 Å².